The van der Waals surface area contributed by atoms with Crippen molar-refractivity contribution in [3.63, 3.8) is 0 Å². The van der Waals surface area contributed by atoms with E-state index in [1.54, 1.807) is 24.5 Å². The molecule has 0 aliphatic carbocycles. The maximum atomic E-state index is 14.7. The van der Waals surface area contributed by atoms with Crippen LogP contribution in [-0.4, -0.2) is 60.1 Å². The van der Waals surface area contributed by atoms with Crippen LogP contribution in [0.3, 0.4) is 0 Å². The van der Waals surface area contributed by atoms with Crippen LogP contribution >= 0.6 is 0 Å². The number of aliphatic hydroxyl groups is 1. The molecule has 3 aromatic rings. The van der Waals surface area contributed by atoms with Gasteiger partial charge in [0.1, 0.15) is 17.4 Å². The molecule has 0 saturated carbocycles. The van der Waals surface area contributed by atoms with Gasteiger partial charge in [-0.05, 0) is 18.6 Å². The Bertz CT molecular complexity index is 1180. The number of benzene rings is 1. The minimum Gasteiger partial charge on any atom is -0.494 e. The highest BCUT2D eigenvalue weighted by Gasteiger charge is 2.35. The number of nitrogens with one attached hydrogen (secondary N) is 3. The smallest absolute Gasteiger partial charge is 0.227 e. The van der Waals surface area contributed by atoms with Crippen LogP contribution < -0.4 is 20.7 Å². The Balaban J connectivity index is 1.53. The minimum absolute atomic E-state index is 0.0106. The normalized spacial score (nSPS) is 16.5. The van der Waals surface area contributed by atoms with Crippen molar-refractivity contribution in [2.24, 2.45) is 0 Å². The van der Waals surface area contributed by atoms with Crippen molar-refractivity contribution in [2.75, 3.05) is 56.0 Å². The van der Waals surface area contributed by atoms with Gasteiger partial charge in [-0.1, -0.05) is 13.8 Å². The van der Waals surface area contributed by atoms with Crippen LogP contribution in [0.25, 0.3) is 11.3 Å². The first-order chi connectivity index (χ1) is 17.0. The summed E-state index contributed by atoms with van der Waals surface area (Å²) < 4.78 is 25.6. The highest BCUT2D eigenvalue weighted by Crippen LogP contribution is 2.37. The van der Waals surface area contributed by atoms with E-state index in [2.05, 4.69) is 30.9 Å². The van der Waals surface area contributed by atoms with Crippen molar-refractivity contribution < 1.29 is 19.0 Å². The zero-order valence-electron chi connectivity index (χ0n) is 20.2. The molecule has 1 unspecified atom stereocenters. The van der Waals surface area contributed by atoms with Crippen molar-refractivity contribution in [1.29, 1.82) is 0 Å². The van der Waals surface area contributed by atoms with Crippen molar-refractivity contribution in [3.8, 4) is 17.0 Å². The molecule has 1 atom stereocenters. The van der Waals surface area contributed by atoms with Crippen LogP contribution in [0.5, 0.6) is 5.75 Å². The number of nitrogens with zero attached hydrogens (tertiary/aromatic N) is 3. The van der Waals surface area contributed by atoms with Gasteiger partial charge in [-0.3, -0.25) is 0 Å². The number of methoxy groups -OCH3 is 1. The van der Waals surface area contributed by atoms with Gasteiger partial charge in [-0.25, -0.2) is 19.3 Å². The maximum Gasteiger partial charge on any atom is 0.227 e. The molecule has 1 aliphatic heterocycles. The van der Waals surface area contributed by atoms with E-state index in [-0.39, 0.29) is 12.6 Å². The molecule has 1 aromatic carbocycles. The Labute approximate surface area is 204 Å². The molecule has 186 valence electrons. The van der Waals surface area contributed by atoms with Crippen LogP contribution in [0, 0.1) is 5.82 Å². The predicted molar refractivity (Wildman–Crippen MR) is 134 cm³/mol. The number of fused-ring (bicyclic) bond motifs is 1. The van der Waals surface area contributed by atoms with E-state index < -0.39 is 11.2 Å². The van der Waals surface area contributed by atoms with E-state index in [0.29, 0.717) is 49.1 Å². The van der Waals surface area contributed by atoms with Crippen LogP contribution in [0.15, 0.2) is 36.7 Å². The molecule has 0 fully saturated rings. The van der Waals surface area contributed by atoms with Crippen LogP contribution in [0.1, 0.15) is 25.8 Å². The summed E-state index contributed by atoms with van der Waals surface area (Å²) in [7, 11) is 1.52. The lowest BCUT2D eigenvalue weighted by Crippen LogP contribution is -2.28. The van der Waals surface area contributed by atoms with E-state index in [1.165, 1.54) is 13.2 Å². The topological polar surface area (TPSA) is 113 Å². The molecule has 2 aromatic heterocycles. The summed E-state index contributed by atoms with van der Waals surface area (Å²) in [5.74, 6) is 1.07. The molecule has 3 heterocycles. The van der Waals surface area contributed by atoms with E-state index >= 15 is 0 Å². The summed E-state index contributed by atoms with van der Waals surface area (Å²) >= 11 is 0. The van der Waals surface area contributed by atoms with Gasteiger partial charge in [-0.2, -0.15) is 0 Å². The Hall–Kier alpha value is -3.50. The monoisotopic (exact) mass is 482 g/mol. The number of aliphatic hydroxyl groups excluding tert-OH is 1. The van der Waals surface area contributed by atoms with Gasteiger partial charge in [0, 0.05) is 60.8 Å². The Kier molecular flexibility index (Phi) is 7.62. The Morgan fingerprint density at radius 3 is 2.83 bits per heavy atom. The third-order valence-corrected chi connectivity index (χ3v) is 5.93. The number of hydrogen-bond acceptors (Lipinski definition) is 9. The molecule has 0 spiro atoms. The second kappa shape index (κ2) is 10.8. The molecule has 0 amide bonds. The van der Waals surface area contributed by atoms with Gasteiger partial charge in [0.2, 0.25) is 5.95 Å². The van der Waals surface area contributed by atoms with E-state index in [0.717, 1.165) is 23.4 Å². The molecule has 1 aliphatic rings. The van der Waals surface area contributed by atoms with Gasteiger partial charge >= 0.3 is 0 Å². The first kappa shape index (κ1) is 24.6. The van der Waals surface area contributed by atoms with Crippen LogP contribution in [0.2, 0.25) is 0 Å². The summed E-state index contributed by atoms with van der Waals surface area (Å²) in [6, 6.07) is 6.70. The first-order valence-electron chi connectivity index (χ1n) is 11.6. The fourth-order valence-electron chi connectivity index (χ4n) is 3.88. The summed E-state index contributed by atoms with van der Waals surface area (Å²) in [5, 5.41) is 19.2. The van der Waals surface area contributed by atoms with Crippen molar-refractivity contribution in [3.05, 3.63) is 48.0 Å². The zero-order chi connectivity index (χ0) is 24.8. The van der Waals surface area contributed by atoms with Gasteiger partial charge < -0.3 is 30.5 Å². The third-order valence-electron chi connectivity index (χ3n) is 5.93. The quantitative estimate of drug-likeness (QED) is 0.302. The standard InChI is InChI=1S/C25H31FN6O3/c1-4-8-35-9-7-27-20-12-22(34-3)21(11-18(20)26)32-24-28-6-5-19(31-24)16-10-17-23(29-13-16)30-14-25(17,2)15-33/h5-6,10-13,27,33H,4,7-9,14-15H2,1-3H3,(H,29,30)(H,28,31,32). The molecule has 35 heavy (non-hydrogen) atoms. The second-order valence-electron chi connectivity index (χ2n) is 8.65. The fraction of sp³-hybridized carbons (Fsp3) is 0.400. The number of halogens is 1. The first-order valence-corrected chi connectivity index (χ1v) is 11.6. The molecule has 0 saturated heterocycles. The molecule has 0 radical (unpaired) electrons. The highest BCUT2D eigenvalue weighted by molar-refractivity contribution is 5.70. The molecule has 9 nitrogen and oxygen atoms in total. The van der Waals surface area contributed by atoms with E-state index in [9.17, 15) is 9.50 Å². The molecule has 0 bridgehead atoms. The Morgan fingerprint density at radius 2 is 2.06 bits per heavy atom. The van der Waals surface area contributed by atoms with Gasteiger partial charge in [0.15, 0.2) is 0 Å². The van der Waals surface area contributed by atoms with Gasteiger partial charge in [-0.15, -0.1) is 0 Å². The lowest BCUT2D eigenvalue weighted by molar-refractivity contribution is 0.144. The van der Waals surface area contributed by atoms with Gasteiger partial charge in [0.25, 0.3) is 0 Å². The van der Waals surface area contributed by atoms with Crippen molar-refractivity contribution in [2.45, 2.75) is 25.7 Å². The summed E-state index contributed by atoms with van der Waals surface area (Å²) in [6.07, 6.45) is 4.29. The molecule has 10 heteroatoms. The number of hydrogen-bond donors (Lipinski definition) is 4. The predicted octanol–water partition coefficient (Wildman–Crippen LogP) is 3.94. The largest absolute Gasteiger partial charge is 0.494 e. The molecular formula is C25H31FN6O3. The van der Waals surface area contributed by atoms with Crippen LogP contribution in [0.4, 0.5) is 27.5 Å². The Morgan fingerprint density at radius 1 is 1.20 bits per heavy atom. The number of aromatic nitrogens is 3. The number of rotatable bonds is 11. The molecule has 4 N–H and O–H groups in total. The summed E-state index contributed by atoms with van der Waals surface area (Å²) in [5.41, 5.74) is 2.70. The second-order valence-corrected chi connectivity index (χ2v) is 8.65. The number of pyridine rings is 1. The molecule has 4 rings (SSSR count). The SMILES string of the molecule is CCCOCCNc1cc(OC)c(Nc2nccc(-c3cnc4c(c3)C(C)(CO)CN4)n2)cc1F. The fourth-order valence-corrected chi connectivity index (χ4v) is 3.88. The van der Waals surface area contributed by atoms with E-state index in [4.69, 9.17) is 9.47 Å². The summed E-state index contributed by atoms with van der Waals surface area (Å²) in [6.45, 7) is 6.30. The zero-order valence-corrected chi connectivity index (χ0v) is 20.2. The van der Waals surface area contributed by atoms with Crippen molar-refractivity contribution >= 4 is 23.1 Å². The number of ether oxygens (including phenoxy) is 2. The minimum atomic E-state index is -0.432. The maximum absolute atomic E-state index is 14.7. The molecular weight excluding hydrogens is 451 g/mol. The van der Waals surface area contributed by atoms with Crippen LogP contribution in [-0.2, 0) is 10.2 Å². The summed E-state index contributed by atoms with van der Waals surface area (Å²) in [4.78, 5) is 13.4. The van der Waals surface area contributed by atoms with Crippen molar-refractivity contribution in [1.82, 2.24) is 15.0 Å². The average Bonchev–Trinajstić information content (AvgIpc) is 3.21. The third kappa shape index (κ3) is 5.44. The number of anilines is 4. The lowest BCUT2D eigenvalue weighted by atomic mass is 9.85. The lowest BCUT2D eigenvalue weighted by Gasteiger charge is -2.20. The van der Waals surface area contributed by atoms with Gasteiger partial charge in [0.05, 0.1) is 37.4 Å². The average molecular weight is 483 g/mol. The highest BCUT2D eigenvalue weighted by atomic mass is 19.1. The van der Waals surface area contributed by atoms with E-state index in [1.807, 2.05) is 19.9 Å².